The number of hydrogen-bond acceptors (Lipinski definition) is 2. The first-order chi connectivity index (χ1) is 6.49. The van der Waals surface area contributed by atoms with E-state index in [-0.39, 0.29) is 5.41 Å². The van der Waals surface area contributed by atoms with Crippen LogP contribution in [0.5, 0.6) is 0 Å². The topological polar surface area (TPSA) is 20.3 Å². The van der Waals surface area contributed by atoms with Crippen molar-refractivity contribution >= 4 is 6.29 Å². The van der Waals surface area contributed by atoms with Crippen LogP contribution in [0.4, 0.5) is 0 Å². The zero-order chi connectivity index (χ0) is 11.2. The highest BCUT2D eigenvalue weighted by Gasteiger charge is 2.26. The molecule has 0 spiro atoms. The minimum Gasteiger partial charge on any atom is -0.303 e. The van der Waals surface area contributed by atoms with Crippen LogP contribution >= 0.6 is 0 Å². The molecule has 0 aliphatic rings. The molecule has 1 unspecified atom stereocenters. The van der Waals surface area contributed by atoms with Crippen molar-refractivity contribution in [3.05, 3.63) is 0 Å². The first-order valence-electron chi connectivity index (χ1n) is 5.69. The maximum absolute atomic E-state index is 11.1. The standard InChI is InChI=1S/C12H25NO/c1-6-8-12(5,10-14)9-13(7-2)11(3)4/h10-11H,6-9H2,1-5H3. The normalized spacial score (nSPS) is 15.9. The molecule has 0 aromatic rings. The lowest BCUT2D eigenvalue weighted by atomic mass is 9.86. The van der Waals surface area contributed by atoms with Crippen molar-refractivity contribution in [2.75, 3.05) is 13.1 Å². The number of rotatable bonds is 7. The average molecular weight is 199 g/mol. The van der Waals surface area contributed by atoms with Crippen molar-refractivity contribution in [3.8, 4) is 0 Å². The van der Waals surface area contributed by atoms with Crippen molar-refractivity contribution in [2.24, 2.45) is 5.41 Å². The van der Waals surface area contributed by atoms with Gasteiger partial charge in [0.05, 0.1) is 0 Å². The van der Waals surface area contributed by atoms with Gasteiger partial charge in [-0.15, -0.1) is 0 Å². The van der Waals surface area contributed by atoms with Crippen LogP contribution in [-0.2, 0) is 4.79 Å². The highest BCUT2D eigenvalue weighted by atomic mass is 16.1. The van der Waals surface area contributed by atoms with Crippen LogP contribution in [0, 0.1) is 5.41 Å². The Hall–Kier alpha value is -0.370. The summed E-state index contributed by atoms with van der Waals surface area (Å²) < 4.78 is 0. The Labute approximate surface area is 88.7 Å². The third kappa shape index (κ3) is 4.23. The van der Waals surface area contributed by atoms with Crippen LogP contribution in [0.2, 0.25) is 0 Å². The van der Waals surface area contributed by atoms with Crippen LogP contribution in [0.3, 0.4) is 0 Å². The largest absolute Gasteiger partial charge is 0.303 e. The van der Waals surface area contributed by atoms with Gasteiger partial charge in [0.2, 0.25) is 0 Å². The molecule has 0 radical (unpaired) electrons. The molecule has 0 heterocycles. The fourth-order valence-corrected chi connectivity index (χ4v) is 1.87. The second-order valence-electron chi connectivity index (χ2n) is 4.68. The summed E-state index contributed by atoms with van der Waals surface area (Å²) in [6.45, 7) is 12.6. The van der Waals surface area contributed by atoms with Crippen LogP contribution in [-0.4, -0.2) is 30.3 Å². The summed E-state index contributed by atoms with van der Waals surface area (Å²) in [4.78, 5) is 13.4. The maximum Gasteiger partial charge on any atom is 0.127 e. The van der Waals surface area contributed by atoms with E-state index in [1.165, 1.54) is 0 Å². The first kappa shape index (κ1) is 13.6. The van der Waals surface area contributed by atoms with Gasteiger partial charge in [0.15, 0.2) is 0 Å². The molecule has 0 N–H and O–H groups in total. The van der Waals surface area contributed by atoms with E-state index in [2.05, 4.69) is 39.5 Å². The lowest BCUT2D eigenvalue weighted by Crippen LogP contribution is -2.40. The van der Waals surface area contributed by atoms with Gasteiger partial charge in [-0.05, 0) is 26.8 Å². The molecule has 0 aromatic carbocycles. The van der Waals surface area contributed by atoms with E-state index < -0.39 is 0 Å². The minimum absolute atomic E-state index is 0.158. The summed E-state index contributed by atoms with van der Waals surface area (Å²) >= 11 is 0. The Bertz CT molecular complexity index is 168. The van der Waals surface area contributed by atoms with Gasteiger partial charge in [0, 0.05) is 18.0 Å². The number of hydrogen-bond donors (Lipinski definition) is 0. The summed E-state index contributed by atoms with van der Waals surface area (Å²) in [5.74, 6) is 0. The summed E-state index contributed by atoms with van der Waals surface area (Å²) in [5.41, 5.74) is -0.158. The Morgan fingerprint density at radius 1 is 1.36 bits per heavy atom. The van der Waals surface area contributed by atoms with E-state index in [0.29, 0.717) is 6.04 Å². The summed E-state index contributed by atoms with van der Waals surface area (Å²) in [5, 5.41) is 0. The molecule has 84 valence electrons. The fourth-order valence-electron chi connectivity index (χ4n) is 1.87. The Morgan fingerprint density at radius 2 is 1.93 bits per heavy atom. The van der Waals surface area contributed by atoms with E-state index in [9.17, 15) is 4.79 Å². The Kier molecular flexibility index (Phi) is 6.01. The predicted octanol–water partition coefficient (Wildman–Crippen LogP) is 2.72. The smallest absolute Gasteiger partial charge is 0.127 e. The lowest BCUT2D eigenvalue weighted by molar-refractivity contribution is -0.117. The second kappa shape index (κ2) is 6.18. The molecule has 0 bridgehead atoms. The fraction of sp³-hybridized carbons (Fsp3) is 0.917. The predicted molar refractivity (Wildman–Crippen MR) is 61.5 cm³/mol. The summed E-state index contributed by atoms with van der Waals surface area (Å²) in [6.07, 6.45) is 3.19. The molecule has 14 heavy (non-hydrogen) atoms. The number of nitrogens with zero attached hydrogens (tertiary/aromatic N) is 1. The Balaban J connectivity index is 4.33. The molecule has 0 fully saturated rings. The van der Waals surface area contributed by atoms with E-state index in [4.69, 9.17) is 0 Å². The summed E-state index contributed by atoms with van der Waals surface area (Å²) in [7, 11) is 0. The van der Waals surface area contributed by atoms with E-state index in [0.717, 1.165) is 32.2 Å². The van der Waals surface area contributed by atoms with E-state index >= 15 is 0 Å². The van der Waals surface area contributed by atoms with Crippen LogP contribution < -0.4 is 0 Å². The number of aldehydes is 1. The second-order valence-corrected chi connectivity index (χ2v) is 4.68. The van der Waals surface area contributed by atoms with Gasteiger partial charge in [0.1, 0.15) is 6.29 Å². The highest BCUT2D eigenvalue weighted by Crippen LogP contribution is 2.22. The molecule has 0 amide bonds. The average Bonchev–Trinajstić information content (AvgIpc) is 2.14. The maximum atomic E-state index is 11.1. The Morgan fingerprint density at radius 3 is 2.21 bits per heavy atom. The van der Waals surface area contributed by atoms with Crippen LogP contribution in [0.1, 0.15) is 47.5 Å². The van der Waals surface area contributed by atoms with Crippen LogP contribution in [0.15, 0.2) is 0 Å². The molecule has 0 aromatic heterocycles. The molecule has 2 heteroatoms. The SMILES string of the molecule is CCCC(C)(C=O)CN(CC)C(C)C. The molecule has 0 aliphatic carbocycles. The van der Waals surface area contributed by atoms with Gasteiger partial charge in [-0.2, -0.15) is 0 Å². The van der Waals surface area contributed by atoms with Crippen molar-refractivity contribution in [1.82, 2.24) is 4.90 Å². The van der Waals surface area contributed by atoms with Crippen molar-refractivity contribution < 1.29 is 4.79 Å². The summed E-state index contributed by atoms with van der Waals surface area (Å²) in [6, 6.07) is 0.524. The third-order valence-electron chi connectivity index (χ3n) is 2.81. The monoisotopic (exact) mass is 199 g/mol. The molecule has 0 aliphatic heterocycles. The molecule has 2 nitrogen and oxygen atoms in total. The van der Waals surface area contributed by atoms with Gasteiger partial charge in [-0.1, -0.05) is 27.2 Å². The molecule has 1 atom stereocenters. The molecule has 0 saturated heterocycles. The molecule has 0 rings (SSSR count). The van der Waals surface area contributed by atoms with Crippen molar-refractivity contribution in [3.63, 3.8) is 0 Å². The molecule has 0 saturated carbocycles. The number of carbonyl (C=O) groups is 1. The first-order valence-corrected chi connectivity index (χ1v) is 5.69. The minimum atomic E-state index is -0.158. The van der Waals surface area contributed by atoms with Gasteiger partial charge >= 0.3 is 0 Å². The van der Waals surface area contributed by atoms with Crippen molar-refractivity contribution in [2.45, 2.75) is 53.5 Å². The van der Waals surface area contributed by atoms with E-state index in [1.807, 2.05) is 0 Å². The zero-order valence-corrected chi connectivity index (χ0v) is 10.3. The molecular formula is C12H25NO. The van der Waals surface area contributed by atoms with E-state index in [1.54, 1.807) is 0 Å². The lowest BCUT2D eigenvalue weighted by Gasteiger charge is -2.33. The zero-order valence-electron chi connectivity index (χ0n) is 10.3. The van der Waals surface area contributed by atoms with Gasteiger partial charge in [-0.3, -0.25) is 0 Å². The van der Waals surface area contributed by atoms with Crippen LogP contribution in [0.25, 0.3) is 0 Å². The quantitative estimate of drug-likeness (QED) is 0.588. The van der Waals surface area contributed by atoms with Gasteiger partial charge in [-0.25, -0.2) is 0 Å². The van der Waals surface area contributed by atoms with Gasteiger partial charge < -0.3 is 9.69 Å². The molecular weight excluding hydrogens is 174 g/mol. The highest BCUT2D eigenvalue weighted by molar-refractivity contribution is 5.59. The van der Waals surface area contributed by atoms with Gasteiger partial charge in [0.25, 0.3) is 0 Å². The third-order valence-corrected chi connectivity index (χ3v) is 2.81. The number of carbonyl (C=O) groups excluding carboxylic acids is 1. The van der Waals surface area contributed by atoms with Crippen molar-refractivity contribution in [1.29, 1.82) is 0 Å².